The van der Waals surface area contributed by atoms with Crippen LogP contribution in [0.1, 0.15) is 32.8 Å². The number of nitrogens with zero attached hydrogens (tertiary/aromatic N) is 2. The summed E-state index contributed by atoms with van der Waals surface area (Å²) in [5, 5.41) is 6.29. The van der Waals surface area contributed by atoms with Gasteiger partial charge in [-0.2, -0.15) is 0 Å². The minimum absolute atomic E-state index is 0.0707. The second kappa shape index (κ2) is 8.88. The van der Waals surface area contributed by atoms with E-state index in [0.717, 1.165) is 25.5 Å². The molecule has 1 heterocycles. The van der Waals surface area contributed by atoms with Crippen LogP contribution >= 0.6 is 0 Å². The summed E-state index contributed by atoms with van der Waals surface area (Å²) in [6, 6.07) is 10.7. The fourth-order valence-corrected chi connectivity index (χ4v) is 3.25. The van der Waals surface area contributed by atoms with Crippen molar-refractivity contribution in [3.05, 3.63) is 35.9 Å². The molecule has 0 saturated carbocycles. The molecule has 1 aliphatic rings. The van der Waals surface area contributed by atoms with E-state index < -0.39 is 5.41 Å². The first kappa shape index (κ1) is 19.3. The van der Waals surface area contributed by atoms with Gasteiger partial charge < -0.3 is 15.5 Å². The summed E-state index contributed by atoms with van der Waals surface area (Å²) in [4.78, 5) is 18.9. The van der Waals surface area contributed by atoms with Gasteiger partial charge in [0.2, 0.25) is 5.91 Å². The molecule has 5 heteroatoms. The van der Waals surface area contributed by atoms with Crippen LogP contribution in [-0.2, 0) is 11.2 Å². The lowest BCUT2D eigenvalue weighted by atomic mass is 9.92. The van der Waals surface area contributed by atoms with Gasteiger partial charge in [-0.05, 0) is 45.1 Å². The molecular weight excluding hydrogens is 312 g/mol. The van der Waals surface area contributed by atoms with Crippen molar-refractivity contribution in [2.75, 3.05) is 33.2 Å². The average Bonchev–Trinajstić information content (AvgIpc) is 3.05. The van der Waals surface area contributed by atoms with Gasteiger partial charge in [-0.1, -0.05) is 30.3 Å². The lowest BCUT2D eigenvalue weighted by Crippen LogP contribution is -2.48. The normalized spacial score (nSPS) is 18.3. The standard InChI is InChI=1S/C20H32N4O/c1-5-22-18(25)20(2,3)15-23-19(21-4)24-12-11-17(14-24)13-16-9-7-6-8-10-16/h6-10,17H,5,11-15H2,1-4H3,(H,21,23)(H,22,25). The van der Waals surface area contributed by atoms with Crippen molar-refractivity contribution in [1.29, 1.82) is 0 Å². The molecule has 1 amide bonds. The van der Waals surface area contributed by atoms with Crippen molar-refractivity contribution in [3.8, 4) is 0 Å². The lowest BCUT2D eigenvalue weighted by molar-refractivity contribution is -0.128. The Hall–Kier alpha value is -2.04. The number of benzene rings is 1. The molecule has 0 aromatic heterocycles. The smallest absolute Gasteiger partial charge is 0.227 e. The first-order chi connectivity index (χ1) is 12.0. The highest BCUT2D eigenvalue weighted by Gasteiger charge is 2.29. The van der Waals surface area contributed by atoms with Crippen molar-refractivity contribution in [1.82, 2.24) is 15.5 Å². The minimum atomic E-state index is -0.463. The number of likely N-dealkylation sites (tertiary alicyclic amines) is 1. The zero-order chi connectivity index (χ0) is 18.3. The van der Waals surface area contributed by atoms with Crippen LogP contribution in [0.25, 0.3) is 0 Å². The zero-order valence-electron chi connectivity index (χ0n) is 16.0. The molecule has 0 radical (unpaired) electrons. The topological polar surface area (TPSA) is 56.7 Å². The highest BCUT2D eigenvalue weighted by atomic mass is 16.2. The molecular formula is C20H32N4O. The van der Waals surface area contributed by atoms with Gasteiger partial charge in [0.15, 0.2) is 5.96 Å². The number of guanidine groups is 1. The SMILES string of the molecule is CCNC(=O)C(C)(C)CNC(=NC)N1CCC(Cc2ccccc2)C1. The number of rotatable bonds is 6. The largest absolute Gasteiger partial charge is 0.356 e. The number of amides is 1. The number of aliphatic imine (C=N–C) groups is 1. The van der Waals surface area contributed by atoms with Crippen LogP contribution in [0.3, 0.4) is 0 Å². The fraction of sp³-hybridized carbons (Fsp3) is 0.600. The van der Waals surface area contributed by atoms with E-state index in [-0.39, 0.29) is 5.91 Å². The monoisotopic (exact) mass is 344 g/mol. The summed E-state index contributed by atoms with van der Waals surface area (Å²) < 4.78 is 0. The summed E-state index contributed by atoms with van der Waals surface area (Å²) >= 11 is 0. The Morgan fingerprint density at radius 1 is 1.28 bits per heavy atom. The molecule has 1 fully saturated rings. The zero-order valence-corrected chi connectivity index (χ0v) is 16.0. The van der Waals surface area contributed by atoms with Crippen LogP contribution < -0.4 is 10.6 Å². The molecule has 0 bridgehead atoms. The molecule has 0 aliphatic carbocycles. The number of hydrogen-bond acceptors (Lipinski definition) is 2. The molecule has 2 rings (SSSR count). The van der Waals surface area contributed by atoms with Crippen LogP contribution in [0, 0.1) is 11.3 Å². The van der Waals surface area contributed by atoms with Crippen LogP contribution in [0.5, 0.6) is 0 Å². The Kier molecular flexibility index (Phi) is 6.85. The number of nitrogens with one attached hydrogen (secondary N) is 2. The summed E-state index contributed by atoms with van der Waals surface area (Å²) in [5.41, 5.74) is 0.935. The van der Waals surface area contributed by atoms with Gasteiger partial charge in [-0.25, -0.2) is 0 Å². The molecule has 2 N–H and O–H groups in total. The summed E-state index contributed by atoms with van der Waals surface area (Å²) in [6.07, 6.45) is 2.29. The predicted octanol–water partition coefficient (Wildman–Crippen LogP) is 2.29. The molecule has 1 atom stereocenters. The number of hydrogen-bond donors (Lipinski definition) is 2. The van der Waals surface area contributed by atoms with E-state index in [9.17, 15) is 4.79 Å². The second-order valence-corrected chi connectivity index (χ2v) is 7.43. The van der Waals surface area contributed by atoms with Crippen LogP contribution in [0.15, 0.2) is 35.3 Å². The minimum Gasteiger partial charge on any atom is -0.356 e. The van der Waals surface area contributed by atoms with Crippen LogP contribution in [-0.4, -0.2) is 50.0 Å². The van der Waals surface area contributed by atoms with Gasteiger partial charge in [0.05, 0.1) is 5.41 Å². The van der Waals surface area contributed by atoms with Crippen molar-refractivity contribution >= 4 is 11.9 Å². The van der Waals surface area contributed by atoms with E-state index in [1.165, 1.54) is 12.0 Å². The van der Waals surface area contributed by atoms with Crippen molar-refractivity contribution in [3.63, 3.8) is 0 Å². The Bertz CT molecular complexity index is 583. The highest BCUT2D eigenvalue weighted by molar-refractivity contribution is 5.84. The van der Waals surface area contributed by atoms with Gasteiger partial charge in [-0.3, -0.25) is 9.79 Å². The fourth-order valence-electron chi connectivity index (χ4n) is 3.25. The Balaban J connectivity index is 1.86. The van der Waals surface area contributed by atoms with Gasteiger partial charge in [0.25, 0.3) is 0 Å². The Labute approximate surface area is 151 Å². The number of carbonyl (C=O) groups is 1. The van der Waals surface area contributed by atoms with Crippen LogP contribution in [0.2, 0.25) is 0 Å². The molecule has 1 saturated heterocycles. The average molecular weight is 345 g/mol. The third-order valence-electron chi connectivity index (χ3n) is 4.80. The van der Waals surface area contributed by atoms with E-state index in [4.69, 9.17) is 0 Å². The summed E-state index contributed by atoms with van der Waals surface area (Å²) in [7, 11) is 1.81. The maximum absolute atomic E-state index is 12.1. The molecule has 1 aliphatic heterocycles. The maximum atomic E-state index is 12.1. The van der Waals surface area contributed by atoms with Gasteiger partial charge in [0, 0.05) is 33.2 Å². The van der Waals surface area contributed by atoms with E-state index in [1.807, 2.05) is 27.8 Å². The van der Waals surface area contributed by atoms with E-state index in [0.29, 0.717) is 19.0 Å². The van der Waals surface area contributed by atoms with Crippen molar-refractivity contribution < 1.29 is 4.79 Å². The van der Waals surface area contributed by atoms with Crippen molar-refractivity contribution in [2.45, 2.75) is 33.6 Å². The molecule has 1 unspecified atom stereocenters. The lowest BCUT2D eigenvalue weighted by Gasteiger charge is -2.28. The quantitative estimate of drug-likeness (QED) is 0.615. The number of carbonyl (C=O) groups excluding carboxylic acids is 1. The van der Waals surface area contributed by atoms with Crippen molar-refractivity contribution in [2.24, 2.45) is 16.3 Å². The third-order valence-corrected chi connectivity index (χ3v) is 4.80. The van der Waals surface area contributed by atoms with E-state index >= 15 is 0 Å². The first-order valence-electron chi connectivity index (χ1n) is 9.24. The second-order valence-electron chi connectivity index (χ2n) is 7.43. The molecule has 25 heavy (non-hydrogen) atoms. The highest BCUT2D eigenvalue weighted by Crippen LogP contribution is 2.21. The van der Waals surface area contributed by atoms with Gasteiger partial charge >= 0.3 is 0 Å². The summed E-state index contributed by atoms with van der Waals surface area (Å²) in [5.74, 6) is 1.62. The maximum Gasteiger partial charge on any atom is 0.227 e. The molecule has 1 aromatic rings. The van der Waals surface area contributed by atoms with E-state index in [1.54, 1.807) is 0 Å². The van der Waals surface area contributed by atoms with E-state index in [2.05, 4.69) is 50.9 Å². The summed E-state index contributed by atoms with van der Waals surface area (Å²) in [6.45, 7) is 9.11. The Morgan fingerprint density at radius 2 is 2.00 bits per heavy atom. The predicted molar refractivity (Wildman–Crippen MR) is 104 cm³/mol. The third kappa shape index (κ3) is 5.48. The molecule has 1 aromatic carbocycles. The molecule has 0 spiro atoms. The van der Waals surface area contributed by atoms with Crippen LogP contribution in [0.4, 0.5) is 0 Å². The Morgan fingerprint density at radius 3 is 2.64 bits per heavy atom. The molecule has 138 valence electrons. The molecule has 5 nitrogen and oxygen atoms in total. The first-order valence-corrected chi connectivity index (χ1v) is 9.24. The van der Waals surface area contributed by atoms with Gasteiger partial charge in [0.1, 0.15) is 0 Å². The van der Waals surface area contributed by atoms with Gasteiger partial charge in [-0.15, -0.1) is 0 Å².